The van der Waals surface area contributed by atoms with Gasteiger partial charge in [0.2, 0.25) is 0 Å². The van der Waals surface area contributed by atoms with Gasteiger partial charge in [0.15, 0.2) is 0 Å². The maximum absolute atomic E-state index is 11.3. The molecule has 17 heavy (non-hydrogen) atoms. The van der Waals surface area contributed by atoms with Crippen LogP contribution in [0.25, 0.3) is 0 Å². The van der Waals surface area contributed by atoms with Crippen LogP contribution in [0, 0.1) is 0 Å². The number of rotatable bonds is 6. The molecule has 0 aliphatic rings. The van der Waals surface area contributed by atoms with Crippen molar-refractivity contribution in [1.82, 2.24) is 9.78 Å². The fourth-order valence-corrected chi connectivity index (χ4v) is 1.15. The van der Waals surface area contributed by atoms with Gasteiger partial charge in [0.1, 0.15) is 6.54 Å². The molecular formula is C10H15N3O4. The Morgan fingerprint density at radius 1 is 1.47 bits per heavy atom. The van der Waals surface area contributed by atoms with Crippen LogP contribution in [0.3, 0.4) is 0 Å². The third kappa shape index (κ3) is 5.01. The molecule has 1 aromatic heterocycles. The minimum absolute atomic E-state index is 0.00935. The van der Waals surface area contributed by atoms with Gasteiger partial charge < -0.3 is 15.2 Å². The maximum Gasteiger partial charge on any atom is 0.327 e. The second-order valence-corrected chi connectivity index (χ2v) is 3.37. The first-order valence-electron chi connectivity index (χ1n) is 5.12. The molecule has 0 bridgehead atoms. The number of carbonyl (C=O) groups is 2. The van der Waals surface area contributed by atoms with E-state index in [0.717, 1.165) is 0 Å². The number of hydrogen-bond acceptors (Lipinski definition) is 6. The normalized spacial score (nSPS) is 9.94. The van der Waals surface area contributed by atoms with E-state index in [1.807, 2.05) is 0 Å². The van der Waals surface area contributed by atoms with Crippen LogP contribution in [-0.4, -0.2) is 35.4 Å². The Morgan fingerprint density at radius 2 is 2.24 bits per heavy atom. The van der Waals surface area contributed by atoms with E-state index in [1.54, 1.807) is 0 Å². The fraction of sp³-hybridized carbons (Fsp3) is 0.500. The molecule has 94 valence electrons. The molecule has 7 heteroatoms. The van der Waals surface area contributed by atoms with Gasteiger partial charge in [-0.15, -0.1) is 0 Å². The fourth-order valence-electron chi connectivity index (χ4n) is 1.15. The molecule has 7 nitrogen and oxygen atoms in total. The van der Waals surface area contributed by atoms with Crippen molar-refractivity contribution in [1.29, 1.82) is 0 Å². The highest BCUT2D eigenvalue weighted by Crippen LogP contribution is 1.99. The van der Waals surface area contributed by atoms with Crippen molar-refractivity contribution >= 4 is 17.6 Å². The van der Waals surface area contributed by atoms with Crippen LogP contribution < -0.4 is 5.73 Å². The summed E-state index contributed by atoms with van der Waals surface area (Å²) in [6.45, 7) is 0.195. The average Bonchev–Trinajstić information content (AvgIpc) is 2.69. The predicted molar refractivity (Wildman–Crippen MR) is 58.8 cm³/mol. The summed E-state index contributed by atoms with van der Waals surface area (Å²) in [5.74, 6) is -0.737. The first-order chi connectivity index (χ1) is 8.11. The van der Waals surface area contributed by atoms with Crippen LogP contribution in [0.5, 0.6) is 0 Å². The van der Waals surface area contributed by atoms with Gasteiger partial charge in [0.05, 0.1) is 25.6 Å². The first kappa shape index (κ1) is 13.0. The number of methoxy groups -OCH3 is 1. The van der Waals surface area contributed by atoms with E-state index in [2.05, 4.69) is 9.84 Å². The highest BCUT2D eigenvalue weighted by molar-refractivity contribution is 5.70. The van der Waals surface area contributed by atoms with E-state index in [0.29, 0.717) is 12.1 Å². The summed E-state index contributed by atoms with van der Waals surface area (Å²) in [6.07, 6.45) is 3.67. The van der Waals surface area contributed by atoms with E-state index in [4.69, 9.17) is 10.5 Å². The molecule has 0 atom stereocenters. The molecule has 1 heterocycles. The zero-order valence-electron chi connectivity index (χ0n) is 9.59. The largest absolute Gasteiger partial charge is 0.469 e. The SMILES string of the molecule is COC(=O)CCCOC(=O)Cn1cc(N)cn1. The number of hydrogen-bond donors (Lipinski definition) is 1. The van der Waals surface area contributed by atoms with E-state index in [1.165, 1.54) is 24.2 Å². The highest BCUT2D eigenvalue weighted by atomic mass is 16.5. The van der Waals surface area contributed by atoms with Crippen molar-refractivity contribution in [3.63, 3.8) is 0 Å². The molecule has 1 rings (SSSR count). The van der Waals surface area contributed by atoms with Gasteiger partial charge >= 0.3 is 11.9 Å². The Hall–Kier alpha value is -2.05. The van der Waals surface area contributed by atoms with Crippen LogP contribution in [0.15, 0.2) is 12.4 Å². The highest BCUT2D eigenvalue weighted by Gasteiger charge is 2.06. The zero-order valence-corrected chi connectivity index (χ0v) is 9.59. The van der Waals surface area contributed by atoms with Crippen molar-refractivity contribution in [2.24, 2.45) is 0 Å². The lowest BCUT2D eigenvalue weighted by Gasteiger charge is -2.04. The Labute approximate surface area is 98.5 Å². The van der Waals surface area contributed by atoms with Crippen LogP contribution in [0.4, 0.5) is 5.69 Å². The topological polar surface area (TPSA) is 96.4 Å². The Kier molecular flexibility index (Phi) is 4.99. The van der Waals surface area contributed by atoms with Gasteiger partial charge in [-0.2, -0.15) is 5.10 Å². The van der Waals surface area contributed by atoms with Crippen molar-refractivity contribution in [3.8, 4) is 0 Å². The number of nitrogens with zero attached hydrogens (tertiary/aromatic N) is 2. The molecule has 0 saturated carbocycles. The number of aromatic nitrogens is 2. The third-order valence-corrected chi connectivity index (χ3v) is 1.96. The smallest absolute Gasteiger partial charge is 0.327 e. The molecule has 0 fully saturated rings. The maximum atomic E-state index is 11.3. The quantitative estimate of drug-likeness (QED) is 0.554. The van der Waals surface area contributed by atoms with Gasteiger partial charge in [-0.25, -0.2) is 0 Å². The van der Waals surface area contributed by atoms with Gasteiger partial charge in [0.25, 0.3) is 0 Å². The average molecular weight is 241 g/mol. The minimum atomic E-state index is -0.419. The molecule has 0 aliphatic heterocycles. The number of esters is 2. The third-order valence-electron chi connectivity index (χ3n) is 1.96. The summed E-state index contributed by atoms with van der Waals surface area (Å²) in [6, 6.07) is 0. The standard InChI is InChI=1S/C10H15N3O4/c1-16-9(14)3-2-4-17-10(15)7-13-6-8(11)5-12-13/h5-6H,2-4,7,11H2,1H3. The molecule has 0 radical (unpaired) electrons. The predicted octanol–water partition coefficient (Wildman–Crippen LogP) is -0.0383. The van der Waals surface area contributed by atoms with Crippen LogP contribution >= 0.6 is 0 Å². The molecule has 0 spiro atoms. The first-order valence-corrected chi connectivity index (χ1v) is 5.12. The Balaban J connectivity index is 2.15. The second-order valence-electron chi connectivity index (χ2n) is 3.37. The van der Waals surface area contributed by atoms with Crippen LogP contribution in [0.1, 0.15) is 12.8 Å². The molecule has 0 unspecified atom stereocenters. The second kappa shape index (κ2) is 6.51. The lowest BCUT2D eigenvalue weighted by molar-refractivity contribution is -0.147. The minimum Gasteiger partial charge on any atom is -0.469 e. The number of anilines is 1. The van der Waals surface area contributed by atoms with Crippen molar-refractivity contribution in [2.45, 2.75) is 19.4 Å². The monoisotopic (exact) mass is 241 g/mol. The Morgan fingerprint density at radius 3 is 2.82 bits per heavy atom. The van der Waals surface area contributed by atoms with Crippen LogP contribution in [-0.2, 0) is 25.6 Å². The van der Waals surface area contributed by atoms with Crippen LogP contribution in [0.2, 0.25) is 0 Å². The van der Waals surface area contributed by atoms with Gasteiger partial charge in [-0.3, -0.25) is 14.3 Å². The number of ether oxygens (including phenoxy) is 2. The van der Waals surface area contributed by atoms with Gasteiger partial charge in [-0.1, -0.05) is 0 Å². The van der Waals surface area contributed by atoms with E-state index in [9.17, 15) is 9.59 Å². The molecule has 1 aromatic rings. The summed E-state index contributed by atoms with van der Waals surface area (Å²) in [7, 11) is 1.32. The lowest BCUT2D eigenvalue weighted by atomic mass is 10.3. The molecular weight excluding hydrogens is 226 g/mol. The van der Waals surface area contributed by atoms with E-state index < -0.39 is 5.97 Å². The van der Waals surface area contributed by atoms with Gasteiger partial charge in [0, 0.05) is 12.6 Å². The molecule has 0 amide bonds. The zero-order chi connectivity index (χ0) is 12.7. The van der Waals surface area contributed by atoms with E-state index in [-0.39, 0.29) is 25.5 Å². The summed E-state index contributed by atoms with van der Waals surface area (Å²) < 4.78 is 10.7. The molecule has 2 N–H and O–H groups in total. The van der Waals surface area contributed by atoms with E-state index >= 15 is 0 Å². The van der Waals surface area contributed by atoms with Gasteiger partial charge in [-0.05, 0) is 6.42 Å². The summed E-state index contributed by atoms with van der Waals surface area (Å²) in [5.41, 5.74) is 5.93. The Bertz CT molecular complexity index is 389. The summed E-state index contributed by atoms with van der Waals surface area (Å²) in [5, 5.41) is 3.84. The summed E-state index contributed by atoms with van der Waals surface area (Å²) >= 11 is 0. The van der Waals surface area contributed by atoms with Crippen molar-refractivity contribution in [3.05, 3.63) is 12.4 Å². The molecule has 0 saturated heterocycles. The molecule has 0 aliphatic carbocycles. The number of nitrogens with two attached hydrogens (primary N) is 1. The summed E-state index contributed by atoms with van der Waals surface area (Å²) in [4.78, 5) is 22.1. The number of carbonyl (C=O) groups excluding carboxylic acids is 2. The number of nitrogen functional groups attached to an aromatic ring is 1. The van der Waals surface area contributed by atoms with Crippen molar-refractivity contribution in [2.75, 3.05) is 19.5 Å². The van der Waals surface area contributed by atoms with Crippen molar-refractivity contribution < 1.29 is 19.1 Å². The lowest BCUT2D eigenvalue weighted by Crippen LogP contribution is -2.15. The molecule has 0 aromatic carbocycles.